The number of carbonyl (C=O) groups excluding carboxylic acids is 1. The Bertz CT molecular complexity index is 903. The standard InChI is InChI=1S/C16H12F3N3O2/c1-10(23)9-24-15-13-6-3-7-20-14(13)22(21-15)12-5-2-4-11(8-12)16(17,18)19/h2-8H,9H2,1H3. The Labute approximate surface area is 134 Å². The normalized spacial score (nSPS) is 11.7. The predicted octanol–water partition coefficient (Wildman–Crippen LogP) is 3.41. The number of hydrogen-bond acceptors (Lipinski definition) is 4. The molecule has 0 atom stereocenters. The minimum atomic E-state index is -4.46. The van der Waals surface area contributed by atoms with Gasteiger partial charge in [0.05, 0.1) is 16.6 Å². The van der Waals surface area contributed by atoms with E-state index in [0.29, 0.717) is 11.0 Å². The Morgan fingerprint density at radius 2 is 2.04 bits per heavy atom. The van der Waals surface area contributed by atoms with Crippen LogP contribution in [0.5, 0.6) is 5.88 Å². The van der Waals surface area contributed by atoms with E-state index < -0.39 is 11.7 Å². The van der Waals surface area contributed by atoms with Crippen molar-refractivity contribution in [1.29, 1.82) is 0 Å². The topological polar surface area (TPSA) is 57.0 Å². The smallest absolute Gasteiger partial charge is 0.416 e. The van der Waals surface area contributed by atoms with Crippen LogP contribution in [-0.2, 0) is 11.0 Å². The molecular formula is C16H12F3N3O2. The maximum atomic E-state index is 12.9. The zero-order valence-electron chi connectivity index (χ0n) is 12.5. The molecule has 0 aliphatic carbocycles. The lowest BCUT2D eigenvalue weighted by molar-refractivity contribution is -0.137. The first-order chi connectivity index (χ1) is 11.4. The molecule has 0 saturated heterocycles. The Morgan fingerprint density at radius 1 is 1.25 bits per heavy atom. The van der Waals surface area contributed by atoms with Crippen molar-refractivity contribution in [3.63, 3.8) is 0 Å². The fourth-order valence-corrected chi connectivity index (χ4v) is 2.20. The molecule has 2 heterocycles. The number of aromatic nitrogens is 3. The maximum absolute atomic E-state index is 12.9. The van der Waals surface area contributed by atoms with Crippen LogP contribution in [0.3, 0.4) is 0 Å². The zero-order valence-corrected chi connectivity index (χ0v) is 12.5. The van der Waals surface area contributed by atoms with Gasteiger partial charge in [0.25, 0.3) is 0 Å². The molecule has 0 fully saturated rings. The average Bonchev–Trinajstić information content (AvgIpc) is 2.91. The summed E-state index contributed by atoms with van der Waals surface area (Å²) in [6.45, 7) is 1.19. The van der Waals surface area contributed by atoms with Crippen LogP contribution < -0.4 is 4.74 Å². The van der Waals surface area contributed by atoms with Crippen LogP contribution in [0, 0.1) is 0 Å². The fraction of sp³-hybridized carbons (Fsp3) is 0.188. The lowest BCUT2D eigenvalue weighted by atomic mass is 10.2. The monoisotopic (exact) mass is 335 g/mol. The third-order valence-corrected chi connectivity index (χ3v) is 3.24. The highest BCUT2D eigenvalue weighted by molar-refractivity contribution is 5.83. The van der Waals surface area contributed by atoms with Crippen molar-refractivity contribution in [2.45, 2.75) is 13.1 Å². The number of alkyl halides is 3. The molecule has 0 saturated carbocycles. The molecule has 124 valence electrons. The second-order valence-electron chi connectivity index (χ2n) is 5.13. The maximum Gasteiger partial charge on any atom is 0.416 e. The number of Topliss-reactive ketones (excluding diaryl/α,β-unsaturated/α-hetero) is 1. The lowest BCUT2D eigenvalue weighted by Crippen LogP contribution is -2.08. The molecule has 8 heteroatoms. The third-order valence-electron chi connectivity index (χ3n) is 3.24. The Hall–Kier alpha value is -2.90. The number of benzene rings is 1. The zero-order chi connectivity index (χ0) is 17.3. The summed E-state index contributed by atoms with van der Waals surface area (Å²) < 4.78 is 45.3. The van der Waals surface area contributed by atoms with Crippen LogP contribution in [0.2, 0.25) is 0 Å². The number of ketones is 1. The van der Waals surface area contributed by atoms with E-state index >= 15 is 0 Å². The molecule has 1 aromatic carbocycles. The number of hydrogen-bond donors (Lipinski definition) is 0. The van der Waals surface area contributed by atoms with Gasteiger partial charge < -0.3 is 4.74 Å². The summed E-state index contributed by atoms with van der Waals surface area (Å²) in [6.07, 6.45) is -2.96. The van der Waals surface area contributed by atoms with Gasteiger partial charge in [-0.05, 0) is 37.3 Å². The van der Waals surface area contributed by atoms with E-state index in [1.165, 1.54) is 29.9 Å². The Kier molecular flexibility index (Phi) is 3.96. The molecule has 3 aromatic rings. The van der Waals surface area contributed by atoms with Crippen molar-refractivity contribution in [2.24, 2.45) is 0 Å². The van der Waals surface area contributed by atoms with E-state index in [9.17, 15) is 18.0 Å². The first-order valence-electron chi connectivity index (χ1n) is 7.00. The summed E-state index contributed by atoms with van der Waals surface area (Å²) in [6, 6.07) is 8.08. The van der Waals surface area contributed by atoms with E-state index in [0.717, 1.165) is 12.1 Å². The molecule has 0 N–H and O–H groups in total. The molecule has 0 spiro atoms. The van der Waals surface area contributed by atoms with Crippen molar-refractivity contribution >= 4 is 16.8 Å². The lowest BCUT2D eigenvalue weighted by Gasteiger charge is -2.08. The van der Waals surface area contributed by atoms with E-state index in [4.69, 9.17) is 4.74 Å². The number of ether oxygens (including phenoxy) is 1. The van der Waals surface area contributed by atoms with Crippen LogP contribution >= 0.6 is 0 Å². The summed E-state index contributed by atoms with van der Waals surface area (Å²) in [5.74, 6) is -0.0497. The SMILES string of the molecule is CC(=O)COc1nn(-c2cccc(C(F)(F)F)c2)c2ncccc12. The quantitative estimate of drug-likeness (QED) is 0.733. The second kappa shape index (κ2) is 5.95. The second-order valence-corrected chi connectivity index (χ2v) is 5.13. The number of pyridine rings is 1. The third kappa shape index (κ3) is 3.08. The summed E-state index contributed by atoms with van der Waals surface area (Å²) in [5.41, 5.74) is -0.243. The van der Waals surface area contributed by atoms with Gasteiger partial charge in [0.2, 0.25) is 5.88 Å². The summed E-state index contributed by atoms with van der Waals surface area (Å²) in [5, 5.41) is 4.68. The van der Waals surface area contributed by atoms with Gasteiger partial charge in [-0.1, -0.05) is 6.07 Å². The van der Waals surface area contributed by atoms with Gasteiger partial charge in [-0.3, -0.25) is 4.79 Å². The van der Waals surface area contributed by atoms with Gasteiger partial charge in [0.1, 0.15) is 6.61 Å². The Balaban J connectivity index is 2.11. The molecule has 2 aromatic heterocycles. The molecule has 0 unspecified atom stereocenters. The number of nitrogens with zero attached hydrogens (tertiary/aromatic N) is 3. The number of halogens is 3. The first kappa shape index (κ1) is 16.0. The molecule has 0 amide bonds. The number of carbonyl (C=O) groups is 1. The van der Waals surface area contributed by atoms with E-state index in [2.05, 4.69) is 10.1 Å². The van der Waals surface area contributed by atoms with Gasteiger partial charge in [-0.2, -0.15) is 13.2 Å². The Morgan fingerprint density at radius 3 is 2.75 bits per heavy atom. The molecule has 0 bridgehead atoms. The highest BCUT2D eigenvalue weighted by Gasteiger charge is 2.30. The van der Waals surface area contributed by atoms with Crippen LogP contribution in [0.4, 0.5) is 13.2 Å². The minimum absolute atomic E-state index is 0.144. The largest absolute Gasteiger partial charge is 0.468 e. The van der Waals surface area contributed by atoms with Crippen molar-refractivity contribution in [1.82, 2.24) is 14.8 Å². The first-order valence-corrected chi connectivity index (χ1v) is 7.00. The fourth-order valence-electron chi connectivity index (χ4n) is 2.20. The van der Waals surface area contributed by atoms with Gasteiger partial charge in [0.15, 0.2) is 11.4 Å². The van der Waals surface area contributed by atoms with E-state index in [1.807, 2.05) is 0 Å². The highest BCUT2D eigenvalue weighted by atomic mass is 19.4. The van der Waals surface area contributed by atoms with Crippen LogP contribution in [-0.4, -0.2) is 27.2 Å². The molecule has 24 heavy (non-hydrogen) atoms. The average molecular weight is 335 g/mol. The molecule has 0 aliphatic heterocycles. The van der Waals surface area contributed by atoms with Gasteiger partial charge in [-0.15, -0.1) is 5.10 Å². The molecule has 0 aliphatic rings. The van der Waals surface area contributed by atoms with E-state index in [1.54, 1.807) is 12.1 Å². The number of rotatable bonds is 4. The van der Waals surface area contributed by atoms with Gasteiger partial charge in [-0.25, -0.2) is 9.67 Å². The van der Waals surface area contributed by atoms with Gasteiger partial charge >= 0.3 is 6.18 Å². The van der Waals surface area contributed by atoms with Crippen molar-refractivity contribution in [3.8, 4) is 11.6 Å². The summed E-state index contributed by atoms with van der Waals surface area (Å²) in [4.78, 5) is 15.2. The molecule has 5 nitrogen and oxygen atoms in total. The summed E-state index contributed by atoms with van der Waals surface area (Å²) in [7, 11) is 0. The van der Waals surface area contributed by atoms with Crippen LogP contribution in [0.1, 0.15) is 12.5 Å². The van der Waals surface area contributed by atoms with Crippen molar-refractivity contribution in [3.05, 3.63) is 48.2 Å². The predicted molar refractivity (Wildman–Crippen MR) is 80.0 cm³/mol. The minimum Gasteiger partial charge on any atom is -0.468 e. The highest BCUT2D eigenvalue weighted by Crippen LogP contribution is 2.32. The van der Waals surface area contributed by atoms with Crippen molar-refractivity contribution in [2.75, 3.05) is 6.61 Å². The summed E-state index contributed by atoms with van der Waals surface area (Å²) >= 11 is 0. The van der Waals surface area contributed by atoms with E-state index in [-0.39, 0.29) is 24.0 Å². The molecule has 0 radical (unpaired) electrons. The van der Waals surface area contributed by atoms with Gasteiger partial charge in [0, 0.05) is 6.20 Å². The molecule has 3 rings (SSSR count). The van der Waals surface area contributed by atoms with Crippen molar-refractivity contribution < 1.29 is 22.7 Å². The van der Waals surface area contributed by atoms with Crippen LogP contribution in [0.25, 0.3) is 16.7 Å². The molecular weight excluding hydrogens is 323 g/mol. The number of fused-ring (bicyclic) bond motifs is 1. The van der Waals surface area contributed by atoms with Crippen LogP contribution in [0.15, 0.2) is 42.6 Å².